The molecule has 20 heavy (non-hydrogen) atoms. The molecular formula is C16H19NO3. The minimum absolute atomic E-state index is 0.0609. The van der Waals surface area contributed by atoms with Crippen molar-refractivity contribution in [1.29, 1.82) is 0 Å². The quantitative estimate of drug-likeness (QED) is 0.809. The number of carboxylic acids is 1. The van der Waals surface area contributed by atoms with Gasteiger partial charge < -0.3 is 10.4 Å². The SMILES string of the molecule is O=C(O)/C=C/c1ccc(NC(=O)CC2CCCC2)cc1. The first kappa shape index (κ1) is 14.3. The second-order valence-corrected chi connectivity index (χ2v) is 5.20. The number of carbonyl (C=O) groups is 2. The van der Waals surface area contributed by atoms with Crippen molar-refractivity contribution in [3.05, 3.63) is 35.9 Å². The summed E-state index contributed by atoms with van der Waals surface area (Å²) in [6.45, 7) is 0. The van der Waals surface area contributed by atoms with Crippen LogP contribution >= 0.6 is 0 Å². The Balaban J connectivity index is 1.86. The highest BCUT2D eigenvalue weighted by atomic mass is 16.4. The highest BCUT2D eigenvalue weighted by Gasteiger charge is 2.18. The van der Waals surface area contributed by atoms with Gasteiger partial charge in [0.05, 0.1) is 0 Å². The molecule has 1 amide bonds. The molecule has 0 aliphatic heterocycles. The molecule has 1 fully saturated rings. The molecule has 4 nitrogen and oxygen atoms in total. The maximum absolute atomic E-state index is 11.9. The third-order valence-electron chi connectivity index (χ3n) is 3.56. The summed E-state index contributed by atoms with van der Waals surface area (Å²) in [6, 6.07) is 7.14. The predicted molar refractivity (Wildman–Crippen MR) is 78.3 cm³/mol. The van der Waals surface area contributed by atoms with Crippen LogP contribution < -0.4 is 5.32 Å². The molecule has 106 valence electrons. The fourth-order valence-corrected chi connectivity index (χ4v) is 2.53. The molecule has 1 aromatic carbocycles. The number of hydrogen-bond acceptors (Lipinski definition) is 2. The van der Waals surface area contributed by atoms with E-state index >= 15 is 0 Å². The van der Waals surface area contributed by atoms with Gasteiger partial charge in [0, 0.05) is 18.2 Å². The molecular weight excluding hydrogens is 254 g/mol. The van der Waals surface area contributed by atoms with Crippen LogP contribution in [-0.2, 0) is 9.59 Å². The number of amides is 1. The molecule has 4 heteroatoms. The highest BCUT2D eigenvalue weighted by Crippen LogP contribution is 2.27. The number of anilines is 1. The number of hydrogen-bond donors (Lipinski definition) is 2. The average molecular weight is 273 g/mol. The first-order valence-electron chi connectivity index (χ1n) is 6.94. The summed E-state index contributed by atoms with van der Waals surface area (Å²) in [6.07, 6.45) is 8.00. The molecule has 0 aromatic heterocycles. The van der Waals surface area contributed by atoms with Gasteiger partial charge in [0.2, 0.25) is 5.91 Å². The summed E-state index contributed by atoms with van der Waals surface area (Å²) in [7, 11) is 0. The number of aliphatic carboxylic acids is 1. The summed E-state index contributed by atoms with van der Waals surface area (Å²) < 4.78 is 0. The molecule has 0 bridgehead atoms. The zero-order valence-electron chi connectivity index (χ0n) is 11.3. The number of rotatable bonds is 5. The van der Waals surface area contributed by atoms with Crippen LogP contribution in [-0.4, -0.2) is 17.0 Å². The van der Waals surface area contributed by atoms with Crippen LogP contribution in [0.5, 0.6) is 0 Å². The van der Waals surface area contributed by atoms with Crippen molar-refractivity contribution >= 4 is 23.6 Å². The van der Waals surface area contributed by atoms with Gasteiger partial charge in [0.1, 0.15) is 0 Å². The van der Waals surface area contributed by atoms with Gasteiger partial charge in [-0.25, -0.2) is 4.79 Å². The van der Waals surface area contributed by atoms with Crippen molar-refractivity contribution in [3.63, 3.8) is 0 Å². The Morgan fingerprint density at radius 3 is 2.45 bits per heavy atom. The van der Waals surface area contributed by atoms with E-state index in [9.17, 15) is 9.59 Å². The Kier molecular flexibility index (Phi) is 4.93. The van der Waals surface area contributed by atoms with Crippen LogP contribution in [0.4, 0.5) is 5.69 Å². The Labute approximate surface area is 118 Å². The van der Waals surface area contributed by atoms with Gasteiger partial charge in [-0.3, -0.25) is 4.79 Å². The molecule has 0 atom stereocenters. The summed E-state index contributed by atoms with van der Waals surface area (Å²) in [5, 5.41) is 11.4. The fraction of sp³-hybridized carbons (Fsp3) is 0.375. The van der Waals surface area contributed by atoms with Crippen molar-refractivity contribution in [2.45, 2.75) is 32.1 Å². The largest absolute Gasteiger partial charge is 0.478 e. The molecule has 0 unspecified atom stereocenters. The molecule has 0 heterocycles. The summed E-state index contributed by atoms with van der Waals surface area (Å²) in [4.78, 5) is 22.3. The number of carbonyl (C=O) groups excluding carboxylic acids is 1. The van der Waals surface area contributed by atoms with E-state index < -0.39 is 5.97 Å². The van der Waals surface area contributed by atoms with Crippen molar-refractivity contribution in [3.8, 4) is 0 Å². The first-order chi connectivity index (χ1) is 9.63. The predicted octanol–water partition coefficient (Wildman–Crippen LogP) is 3.30. The third-order valence-corrected chi connectivity index (χ3v) is 3.56. The van der Waals surface area contributed by atoms with Crippen LogP contribution in [0.1, 0.15) is 37.7 Å². The standard InChI is InChI=1S/C16H19NO3/c18-15(11-13-3-1-2-4-13)17-14-8-5-12(6-9-14)7-10-16(19)20/h5-10,13H,1-4,11H2,(H,17,18)(H,19,20)/b10-7+. The maximum Gasteiger partial charge on any atom is 0.328 e. The van der Waals surface area contributed by atoms with Gasteiger partial charge in [-0.2, -0.15) is 0 Å². The Morgan fingerprint density at radius 2 is 1.85 bits per heavy atom. The first-order valence-corrected chi connectivity index (χ1v) is 6.94. The van der Waals surface area contributed by atoms with E-state index in [1.54, 1.807) is 24.3 Å². The van der Waals surface area contributed by atoms with E-state index in [0.717, 1.165) is 30.2 Å². The smallest absolute Gasteiger partial charge is 0.328 e. The minimum atomic E-state index is -0.973. The average Bonchev–Trinajstić information content (AvgIpc) is 2.90. The maximum atomic E-state index is 11.9. The van der Waals surface area contributed by atoms with Crippen LogP contribution in [0, 0.1) is 5.92 Å². The lowest BCUT2D eigenvalue weighted by atomic mass is 10.0. The lowest BCUT2D eigenvalue weighted by Gasteiger charge is -2.09. The Bertz CT molecular complexity index is 499. The summed E-state index contributed by atoms with van der Waals surface area (Å²) in [5.74, 6) is -0.377. The highest BCUT2D eigenvalue weighted by molar-refractivity contribution is 5.91. The van der Waals surface area contributed by atoms with Crippen LogP contribution in [0.15, 0.2) is 30.3 Å². The Hall–Kier alpha value is -2.10. The van der Waals surface area contributed by atoms with Gasteiger partial charge in [0.25, 0.3) is 0 Å². The van der Waals surface area contributed by atoms with Gasteiger partial charge in [-0.05, 0) is 42.5 Å². The molecule has 0 saturated heterocycles. The van der Waals surface area contributed by atoms with E-state index in [1.807, 2.05) is 0 Å². The third kappa shape index (κ3) is 4.53. The lowest BCUT2D eigenvalue weighted by Crippen LogP contribution is -2.14. The topological polar surface area (TPSA) is 66.4 Å². The Morgan fingerprint density at radius 1 is 1.20 bits per heavy atom. The number of benzene rings is 1. The molecule has 0 radical (unpaired) electrons. The van der Waals surface area contributed by atoms with Crippen LogP contribution in [0.2, 0.25) is 0 Å². The summed E-state index contributed by atoms with van der Waals surface area (Å²) in [5.41, 5.74) is 1.54. The molecule has 1 saturated carbocycles. The zero-order chi connectivity index (χ0) is 14.4. The minimum Gasteiger partial charge on any atom is -0.478 e. The fourth-order valence-electron chi connectivity index (χ4n) is 2.53. The second-order valence-electron chi connectivity index (χ2n) is 5.20. The normalized spacial score (nSPS) is 15.6. The van der Waals surface area contributed by atoms with Crippen molar-refractivity contribution in [2.75, 3.05) is 5.32 Å². The van der Waals surface area contributed by atoms with E-state index in [4.69, 9.17) is 5.11 Å². The van der Waals surface area contributed by atoms with E-state index in [1.165, 1.54) is 18.9 Å². The molecule has 1 aromatic rings. The van der Waals surface area contributed by atoms with Gasteiger partial charge in [-0.1, -0.05) is 25.0 Å². The van der Waals surface area contributed by atoms with Gasteiger partial charge >= 0.3 is 5.97 Å². The lowest BCUT2D eigenvalue weighted by molar-refractivity contribution is -0.131. The van der Waals surface area contributed by atoms with Crippen molar-refractivity contribution < 1.29 is 14.7 Å². The second kappa shape index (κ2) is 6.89. The van der Waals surface area contributed by atoms with Crippen LogP contribution in [0.3, 0.4) is 0 Å². The molecule has 1 aliphatic rings. The van der Waals surface area contributed by atoms with Gasteiger partial charge in [0.15, 0.2) is 0 Å². The van der Waals surface area contributed by atoms with Crippen LogP contribution in [0.25, 0.3) is 6.08 Å². The van der Waals surface area contributed by atoms with E-state index in [-0.39, 0.29) is 5.91 Å². The molecule has 2 N–H and O–H groups in total. The van der Waals surface area contributed by atoms with Gasteiger partial charge in [-0.15, -0.1) is 0 Å². The van der Waals surface area contributed by atoms with Crippen molar-refractivity contribution in [1.82, 2.24) is 0 Å². The number of nitrogens with one attached hydrogen (secondary N) is 1. The zero-order valence-corrected chi connectivity index (χ0v) is 11.3. The van der Waals surface area contributed by atoms with E-state index in [0.29, 0.717) is 12.3 Å². The number of carboxylic acid groups (broad SMARTS) is 1. The molecule has 1 aliphatic carbocycles. The molecule has 0 spiro atoms. The monoisotopic (exact) mass is 273 g/mol. The molecule has 2 rings (SSSR count). The van der Waals surface area contributed by atoms with E-state index in [2.05, 4.69) is 5.32 Å². The summed E-state index contributed by atoms with van der Waals surface area (Å²) >= 11 is 0. The van der Waals surface area contributed by atoms with Crippen molar-refractivity contribution in [2.24, 2.45) is 5.92 Å².